The average molecular weight is 521 g/mol. The van der Waals surface area contributed by atoms with Gasteiger partial charge in [-0.15, -0.1) is 11.8 Å². The molecular weight excluding hydrogens is 493 g/mol. The van der Waals surface area contributed by atoms with E-state index in [0.717, 1.165) is 36.1 Å². The molecule has 0 amide bonds. The van der Waals surface area contributed by atoms with Crippen LogP contribution in [0.3, 0.4) is 0 Å². The number of hydrogen-bond donors (Lipinski definition) is 2. The summed E-state index contributed by atoms with van der Waals surface area (Å²) in [5, 5.41) is 21.8. The van der Waals surface area contributed by atoms with Crippen molar-refractivity contribution in [3.05, 3.63) is 68.2 Å². The number of phenolic OH excluding ortho intramolecular Hbond substituents is 2. The monoisotopic (exact) mass is 520 g/mol. The first-order valence-corrected chi connectivity index (χ1v) is 12.3. The molecule has 0 unspecified atom stereocenters. The lowest BCUT2D eigenvalue weighted by Crippen LogP contribution is -2.11. The lowest BCUT2D eigenvalue weighted by atomic mass is 9.96. The number of rotatable bonds is 7. The Morgan fingerprint density at radius 3 is 2.08 bits per heavy atom. The van der Waals surface area contributed by atoms with E-state index in [1.54, 1.807) is 12.2 Å². The number of benzene rings is 2. The summed E-state index contributed by atoms with van der Waals surface area (Å²) < 4.78 is 54.6. The van der Waals surface area contributed by atoms with Gasteiger partial charge in [0.1, 0.15) is 22.5 Å². The molecule has 3 aromatic rings. The minimum absolute atomic E-state index is 0.117. The number of halogens is 3. The quantitative estimate of drug-likeness (QED) is 0.198. The summed E-state index contributed by atoms with van der Waals surface area (Å²) >= 11 is 0.842. The first kappa shape index (κ1) is 27.3. The number of fused-ring (bicyclic) bond motifs is 1. The molecule has 5 nitrogen and oxygen atoms in total. The molecule has 0 fully saturated rings. The maximum Gasteiger partial charge on any atom is 0.239 e. The van der Waals surface area contributed by atoms with E-state index in [9.17, 15) is 28.2 Å². The second kappa shape index (κ2) is 10.7. The van der Waals surface area contributed by atoms with E-state index in [4.69, 9.17) is 9.15 Å². The normalized spacial score (nSPS) is 11.0. The van der Waals surface area contributed by atoms with Crippen LogP contribution in [0.15, 0.2) is 43.5 Å². The van der Waals surface area contributed by atoms with Crippen LogP contribution >= 0.6 is 11.8 Å². The second-order valence-corrected chi connectivity index (χ2v) is 9.54. The molecule has 9 heteroatoms. The molecule has 0 aliphatic rings. The van der Waals surface area contributed by atoms with Crippen molar-refractivity contribution < 1.29 is 32.5 Å². The van der Waals surface area contributed by atoms with Crippen molar-refractivity contribution >= 4 is 22.7 Å². The van der Waals surface area contributed by atoms with Gasteiger partial charge in [0.15, 0.2) is 23.2 Å². The molecule has 0 saturated heterocycles. The molecule has 0 aliphatic heterocycles. The fourth-order valence-corrected chi connectivity index (χ4v) is 4.26. The highest BCUT2D eigenvalue weighted by atomic mass is 32.2. The van der Waals surface area contributed by atoms with E-state index in [1.807, 2.05) is 27.7 Å². The first-order chi connectivity index (χ1) is 16.9. The molecule has 0 saturated carbocycles. The maximum atomic E-state index is 14.9. The van der Waals surface area contributed by atoms with Crippen LogP contribution in [0, 0.1) is 17.5 Å². The molecule has 1 aromatic heterocycles. The van der Waals surface area contributed by atoms with Crippen LogP contribution < -0.4 is 10.2 Å². The third-order valence-electron chi connectivity index (χ3n) is 5.65. The third kappa shape index (κ3) is 4.84. The molecular formula is C27H27F3O5S. The van der Waals surface area contributed by atoms with E-state index in [2.05, 4.69) is 0 Å². The fourth-order valence-electron chi connectivity index (χ4n) is 3.75. The van der Waals surface area contributed by atoms with Crippen LogP contribution in [0.2, 0.25) is 0 Å². The van der Waals surface area contributed by atoms with E-state index in [1.165, 1.54) is 6.26 Å². The fraction of sp³-hybridized carbons (Fsp3) is 0.296. The van der Waals surface area contributed by atoms with E-state index >= 15 is 0 Å². The number of thioether (sulfide) groups is 1. The van der Waals surface area contributed by atoms with Crippen molar-refractivity contribution in [3.63, 3.8) is 0 Å². The number of ether oxygens (including phenoxy) is 1. The van der Waals surface area contributed by atoms with Crippen molar-refractivity contribution in [3.8, 4) is 28.6 Å². The molecule has 3 rings (SSSR count). The smallest absolute Gasteiger partial charge is 0.239 e. The van der Waals surface area contributed by atoms with Crippen LogP contribution in [-0.4, -0.2) is 23.6 Å². The van der Waals surface area contributed by atoms with Gasteiger partial charge in [-0.1, -0.05) is 23.3 Å². The number of phenols is 2. The lowest BCUT2D eigenvalue weighted by molar-refractivity contribution is 0.393. The van der Waals surface area contributed by atoms with Gasteiger partial charge >= 0.3 is 0 Å². The molecule has 0 aliphatic carbocycles. The largest absolute Gasteiger partial charge is 0.507 e. The van der Waals surface area contributed by atoms with Crippen LogP contribution in [0.4, 0.5) is 13.2 Å². The summed E-state index contributed by atoms with van der Waals surface area (Å²) in [6, 6.07) is 1.02. The van der Waals surface area contributed by atoms with E-state index in [-0.39, 0.29) is 45.6 Å². The molecule has 2 N–H and O–H groups in total. The minimum Gasteiger partial charge on any atom is -0.507 e. The van der Waals surface area contributed by atoms with Gasteiger partial charge in [0.05, 0.1) is 12.7 Å². The maximum absolute atomic E-state index is 14.9. The zero-order valence-electron chi connectivity index (χ0n) is 20.8. The Balaban J connectivity index is 2.54. The summed E-state index contributed by atoms with van der Waals surface area (Å²) in [7, 11) is 1.14. The van der Waals surface area contributed by atoms with Crippen LogP contribution in [-0.2, 0) is 12.8 Å². The lowest BCUT2D eigenvalue weighted by Gasteiger charge is -2.17. The number of hydrogen-bond acceptors (Lipinski definition) is 6. The van der Waals surface area contributed by atoms with Crippen molar-refractivity contribution in [1.29, 1.82) is 0 Å². The standard InChI is InChI=1S/C27H27F3O5S/c1-12(2)7-9-14-22(31)15(10-8-13(3)4)25-18(23(14)32)24(33)27(34-5)26(35-25)16-11-17(36-6)20(29)21(30)19(16)28/h7-8,11,31-32H,9-10H2,1-6H3. The highest BCUT2D eigenvalue weighted by molar-refractivity contribution is 7.98. The van der Waals surface area contributed by atoms with Gasteiger partial charge in [0.25, 0.3) is 0 Å². The Bertz CT molecular complexity index is 1460. The van der Waals surface area contributed by atoms with E-state index in [0.29, 0.717) is 0 Å². The Labute approximate surface area is 210 Å². The van der Waals surface area contributed by atoms with E-state index < -0.39 is 45.7 Å². The van der Waals surface area contributed by atoms with Gasteiger partial charge in [0.2, 0.25) is 11.2 Å². The zero-order valence-corrected chi connectivity index (χ0v) is 21.6. The third-order valence-corrected chi connectivity index (χ3v) is 6.39. The van der Waals surface area contributed by atoms with Crippen LogP contribution in [0.1, 0.15) is 38.8 Å². The first-order valence-electron chi connectivity index (χ1n) is 11.0. The summed E-state index contributed by atoms with van der Waals surface area (Å²) in [4.78, 5) is 13.3. The van der Waals surface area contributed by atoms with Crippen molar-refractivity contribution in [2.45, 2.75) is 45.4 Å². The molecule has 192 valence electrons. The molecule has 1 heterocycles. The van der Waals surface area contributed by atoms with Crippen molar-refractivity contribution in [2.75, 3.05) is 13.4 Å². The number of methoxy groups -OCH3 is 1. The number of aromatic hydroxyl groups is 2. The second-order valence-electron chi connectivity index (χ2n) is 8.69. The van der Waals surface area contributed by atoms with Gasteiger partial charge in [-0.2, -0.15) is 0 Å². The summed E-state index contributed by atoms with van der Waals surface area (Å²) in [6.45, 7) is 7.38. The molecule has 0 spiro atoms. The Hall–Kier alpha value is -3.33. The predicted molar refractivity (Wildman–Crippen MR) is 136 cm³/mol. The predicted octanol–water partition coefficient (Wildman–Crippen LogP) is 7.04. The minimum atomic E-state index is -1.73. The summed E-state index contributed by atoms with van der Waals surface area (Å²) in [5.41, 5.74) is 0.542. The molecule has 0 radical (unpaired) electrons. The zero-order chi connectivity index (χ0) is 26.9. The van der Waals surface area contributed by atoms with Crippen LogP contribution in [0.5, 0.6) is 17.2 Å². The van der Waals surface area contributed by atoms with Gasteiger partial charge in [-0.25, -0.2) is 13.2 Å². The highest BCUT2D eigenvalue weighted by Gasteiger charge is 2.29. The molecule has 2 aromatic carbocycles. The van der Waals surface area contributed by atoms with Crippen molar-refractivity contribution in [2.24, 2.45) is 0 Å². The molecule has 0 bridgehead atoms. The summed E-state index contributed by atoms with van der Waals surface area (Å²) in [6.07, 6.45) is 5.30. The van der Waals surface area contributed by atoms with Gasteiger partial charge in [-0.05, 0) is 52.9 Å². The topological polar surface area (TPSA) is 79.9 Å². The Kier molecular flexibility index (Phi) is 8.13. The van der Waals surface area contributed by atoms with Gasteiger partial charge in [-0.3, -0.25) is 4.79 Å². The van der Waals surface area contributed by atoms with Crippen molar-refractivity contribution in [1.82, 2.24) is 0 Å². The summed E-state index contributed by atoms with van der Waals surface area (Å²) in [5.74, 6) is -6.44. The molecule has 36 heavy (non-hydrogen) atoms. The average Bonchev–Trinajstić information content (AvgIpc) is 2.81. The number of allylic oxidation sites excluding steroid dienone is 4. The van der Waals surface area contributed by atoms with Crippen LogP contribution in [0.25, 0.3) is 22.3 Å². The van der Waals surface area contributed by atoms with Gasteiger partial charge < -0.3 is 19.4 Å². The molecule has 0 atom stereocenters. The highest BCUT2D eigenvalue weighted by Crippen LogP contribution is 2.44. The Morgan fingerprint density at radius 1 is 0.972 bits per heavy atom. The Morgan fingerprint density at radius 2 is 1.56 bits per heavy atom. The SMILES string of the molecule is COc1c(-c2cc(SC)c(F)c(F)c2F)oc2c(CC=C(C)C)c(O)c(CC=C(C)C)c(O)c2c1=O. The van der Waals surface area contributed by atoms with Gasteiger partial charge in [0, 0.05) is 16.0 Å².